The second kappa shape index (κ2) is 7.15. The van der Waals surface area contributed by atoms with Gasteiger partial charge in [0, 0.05) is 19.3 Å². The highest BCUT2D eigenvalue weighted by Crippen LogP contribution is 2.36. The molecule has 1 heterocycles. The maximum Gasteiger partial charge on any atom is 0.494 e. The summed E-state index contributed by atoms with van der Waals surface area (Å²) >= 11 is 0. The van der Waals surface area contributed by atoms with E-state index >= 15 is 0 Å². The van der Waals surface area contributed by atoms with Gasteiger partial charge in [0.1, 0.15) is 0 Å². The molecule has 0 bridgehead atoms. The van der Waals surface area contributed by atoms with Crippen molar-refractivity contribution >= 4 is 24.3 Å². The molecule has 0 saturated carbocycles. The van der Waals surface area contributed by atoms with Crippen LogP contribution < -0.4 is 10.8 Å². The highest BCUT2D eigenvalue weighted by atomic mass is 16.7. The number of unbranched alkanes of at least 4 members (excludes halogenated alkanes) is 1. The molecule has 1 aromatic rings. The normalized spacial score (nSPS) is 18.5. The number of rotatable bonds is 5. The summed E-state index contributed by atoms with van der Waals surface area (Å²) in [5, 5.41) is 2.91. The molecule has 2 amide bonds. The van der Waals surface area contributed by atoms with Gasteiger partial charge in [-0.25, -0.2) is 4.79 Å². The largest absolute Gasteiger partial charge is 0.494 e. The lowest BCUT2D eigenvalue weighted by atomic mass is 9.79. The third-order valence-corrected chi connectivity index (χ3v) is 4.88. The fraction of sp³-hybridized carbons (Fsp3) is 0.611. The Balaban J connectivity index is 1.98. The van der Waals surface area contributed by atoms with Crippen molar-refractivity contribution in [2.75, 3.05) is 18.9 Å². The fourth-order valence-corrected chi connectivity index (χ4v) is 2.42. The summed E-state index contributed by atoms with van der Waals surface area (Å²) in [4.78, 5) is 13.8. The summed E-state index contributed by atoms with van der Waals surface area (Å²) in [5.74, 6) is 0. The van der Waals surface area contributed by atoms with E-state index in [4.69, 9.17) is 9.31 Å². The van der Waals surface area contributed by atoms with Crippen molar-refractivity contribution in [3.05, 3.63) is 24.3 Å². The summed E-state index contributed by atoms with van der Waals surface area (Å²) in [6.07, 6.45) is 2.07. The number of anilines is 1. The van der Waals surface area contributed by atoms with Gasteiger partial charge in [0.2, 0.25) is 0 Å². The number of carbonyl (C=O) groups is 1. The van der Waals surface area contributed by atoms with Crippen LogP contribution >= 0.6 is 0 Å². The SMILES string of the molecule is CCCCN(C)C(=O)Nc1ccc(B2OC(C)(C)C(C)(C)O2)cc1. The van der Waals surface area contributed by atoms with E-state index in [1.807, 2.05) is 59.0 Å². The lowest BCUT2D eigenvalue weighted by Crippen LogP contribution is -2.41. The van der Waals surface area contributed by atoms with Gasteiger partial charge in [0.05, 0.1) is 11.2 Å². The number of nitrogens with one attached hydrogen (secondary N) is 1. The molecule has 24 heavy (non-hydrogen) atoms. The Morgan fingerprint density at radius 3 is 2.17 bits per heavy atom. The quantitative estimate of drug-likeness (QED) is 0.842. The molecule has 0 atom stereocenters. The van der Waals surface area contributed by atoms with Crippen LogP contribution in [0, 0.1) is 0 Å². The second-order valence-electron chi connectivity index (χ2n) is 7.42. The first-order valence-corrected chi connectivity index (χ1v) is 8.64. The summed E-state index contributed by atoms with van der Waals surface area (Å²) in [6.45, 7) is 11.0. The number of hydrogen-bond donors (Lipinski definition) is 1. The molecular weight excluding hydrogens is 303 g/mol. The standard InChI is InChI=1S/C18H29BN2O3/c1-7-8-13-21(6)16(22)20-15-11-9-14(10-12-15)19-23-17(2,3)18(4,5)24-19/h9-12H,7-8,13H2,1-6H3,(H,20,22). The number of carbonyl (C=O) groups excluding carboxylic acids is 1. The average molecular weight is 332 g/mol. The van der Waals surface area contributed by atoms with Crippen molar-refractivity contribution in [1.82, 2.24) is 4.90 Å². The summed E-state index contributed by atoms with van der Waals surface area (Å²) in [6, 6.07) is 7.54. The lowest BCUT2D eigenvalue weighted by Gasteiger charge is -2.32. The molecule has 1 saturated heterocycles. The maximum absolute atomic E-state index is 12.1. The van der Waals surface area contributed by atoms with Crippen LogP contribution in [0.5, 0.6) is 0 Å². The molecular formula is C18H29BN2O3. The molecule has 132 valence electrons. The summed E-state index contributed by atoms with van der Waals surface area (Å²) in [5.41, 5.74) is 1.01. The molecule has 0 radical (unpaired) electrons. The molecule has 1 aromatic carbocycles. The topological polar surface area (TPSA) is 50.8 Å². The molecule has 0 aromatic heterocycles. The van der Waals surface area contributed by atoms with E-state index in [1.54, 1.807) is 4.90 Å². The molecule has 6 heteroatoms. The highest BCUT2D eigenvalue weighted by molar-refractivity contribution is 6.62. The predicted octanol–water partition coefficient (Wildman–Crippen LogP) is 3.25. The van der Waals surface area contributed by atoms with E-state index in [-0.39, 0.29) is 24.4 Å². The Hall–Kier alpha value is -1.53. The Bertz CT molecular complexity index is 556. The van der Waals surface area contributed by atoms with E-state index in [0.717, 1.165) is 30.5 Å². The molecule has 1 aliphatic rings. The highest BCUT2D eigenvalue weighted by Gasteiger charge is 2.51. The van der Waals surface area contributed by atoms with Crippen LogP contribution in [0.2, 0.25) is 0 Å². The molecule has 0 aliphatic carbocycles. The summed E-state index contributed by atoms with van der Waals surface area (Å²) < 4.78 is 12.1. The first kappa shape index (κ1) is 18.8. The Morgan fingerprint density at radius 2 is 1.67 bits per heavy atom. The molecule has 2 rings (SSSR count). The van der Waals surface area contributed by atoms with E-state index in [9.17, 15) is 4.79 Å². The zero-order chi connectivity index (χ0) is 18.0. The third-order valence-electron chi connectivity index (χ3n) is 4.88. The zero-order valence-electron chi connectivity index (χ0n) is 15.7. The van der Waals surface area contributed by atoms with Gasteiger partial charge >= 0.3 is 13.1 Å². The molecule has 1 fully saturated rings. The molecule has 0 spiro atoms. The predicted molar refractivity (Wildman–Crippen MR) is 98.7 cm³/mol. The molecule has 0 unspecified atom stereocenters. The van der Waals surface area contributed by atoms with Crippen molar-refractivity contribution in [1.29, 1.82) is 0 Å². The van der Waals surface area contributed by atoms with Gasteiger partial charge in [0.15, 0.2) is 0 Å². The van der Waals surface area contributed by atoms with E-state index in [1.165, 1.54) is 0 Å². The van der Waals surface area contributed by atoms with Crippen molar-refractivity contribution in [3.8, 4) is 0 Å². The average Bonchev–Trinajstić information content (AvgIpc) is 2.73. The van der Waals surface area contributed by atoms with Crippen LogP contribution in [0.3, 0.4) is 0 Å². The Labute approximate surface area is 145 Å². The van der Waals surface area contributed by atoms with Gasteiger partial charge in [-0.15, -0.1) is 0 Å². The van der Waals surface area contributed by atoms with Gasteiger partial charge in [0.25, 0.3) is 0 Å². The van der Waals surface area contributed by atoms with Crippen molar-refractivity contribution in [2.24, 2.45) is 0 Å². The first-order valence-electron chi connectivity index (χ1n) is 8.64. The van der Waals surface area contributed by atoms with Gasteiger partial charge < -0.3 is 19.5 Å². The van der Waals surface area contributed by atoms with Crippen molar-refractivity contribution in [2.45, 2.75) is 58.7 Å². The van der Waals surface area contributed by atoms with Crippen LogP contribution in [0.4, 0.5) is 10.5 Å². The van der Waals surface area contributed by atoms with E-state index < -0.39 is 0 Å². The van der Waals surface area contributed by atoms with Gasteiger partial charge in [-0.1, -0.05) is 25.5 Å². The lowest BCUT2D eigenvalue weighted by molar-refractivity contribution is 0.00578. The number of nitrogens with zero attached hydrogens (tertiary/aromatic N) is 1. The number of amides is 2. The number of benzene rings is 1. The van der Waals surface area contributed by atoms with Gasteiger partial charge in [-0.05, 0) is 51.7 Å². The first-order chi connectivity index (χ1) is 11.2. The summed E-state index contributed by atoms with van der Waals surface area (Å²) in [7, 11) is 1.43. The van der Waals surface area contributed by atoms with Crippen LogP contribution in [-0.4, -0.2) is 42.8 Å². The van der Waals surface area contributed by atoms with Gasteiger partial charge in [-0.3, -0.25) is 0 Å². The minimum absolute atomic E-state index is 0.0909. The second-order valence-corrected chi connectivity index (χ2v) is 7.42. The van der Waals surface area contributed by atoms with Crippen LogP contribution in [0.25, 0.3) is 0 Å². The fourth-order valence-electron chi connectivity index (χ4n) is 2.42. The van der Waals surface area contributed by atoms with Crippen LogP contribution in [-0.2, 0) is 9.31 Å². The van der Waals surface area contributed by atoms with Crippen LogP contribution in [0.15, 0.2) is 24.3 Å². The Kier molecular flexibility index (Phi) is 5.61. The van der Waals surface area contributed by atoms with Crippen LogP contribution in [0.1, 0.15) is 47.5 Å². The third kappa shape index (κ3) is 4.11. The smallest absolute Gasteiger partial charge is 0.399 e. The molecule has 1 N–H and O–H groups in total. The maximum atomic E-state index is 12.1. The van der Waals surface area contributed by atoms with E-state index in [2.05, 4.69) is 12.2 Å². The minimum atomic E-state index is -0.382. The van der Waals surface area contributed by atoms with Crippen molar-refractivity contribution in [3.63, 3.8) is 0 Å². The Morgan fingerprint density at radius 1 is 1.12 bits per heavy atom. The number of hydrogen-bond acceptors (Lipinski definition) is 3. The number of urea groups is 1. The van der Waals surface area contributed by atoms with Crippen molar-refractivity contribution < 1.29 is 14.1 Å². The van der Waals surface area contributed by atoms with E-state index in [0.29, 0.717) is 0 Å². The van der Waals surface area contributed by atoms with Gasteiger partial charge in [-0.2, -0.15) is 0 Å². The molecule has 5 nitrogen and oxygen atoms in total. The monoisotopic (exact) mass is 332 g/mol. The zero-order valence-corrected chi connectivity index (χ0v) is 15.7. The molecule has 1 aliphatic heterocycles. The minimum Gasteiger partial charge on any atom is -0.399 e.